The van der Waals surface area contributed by atoms with Crippen LogP contribution in [0, 0.1) is 0 Å². The van der Waals surface area contributed by atoms with Crippen LogP contribution in [-0.4, -0.2) is 46.4 Å². The second kappa shape index (κ2) is 6.31. The van der Waals surface area contributed by atoms with Crippen molar-refractivity contribution in [2.24, 2.45) is 0 Å². The summed E-state index contributed by atoms with van der Waals surface area (Å²) in [6, 6.07) is 6.03. The molecule has 2 rings (SSSR count). The molecule has 4 nitrogen and oxygen atoms in total. The number of rotatable bonds is 6. The highest BCUT2D eigenvalue weighted by molar-refractivity contribution is 9.09. The number of imidazole rings is 1. The maximum absolute atomic E-state index is 5.11. The Kier molecular flexibility index (Phi) is 4.74. The minimum atomic E-state index is 0.351. The molecule has 0 saturated carbocycles. The van der Waals surface area contributed by atoms with Crippen LogP contribution in [-0.2, 0) is 11.3 Å². The van der Waals surface area contributed by atoms with E-state index in [1.807, 2.05) is 28.8 Å². The summed E-state index contributed by atoms with van der Waals surface area (Å²) in [5, 5.41) is 0. The van der Waals surface area contributed by atoms with Crippen LogP contribution in [0.3, 0.4) is 0 Å². The van der Waals surface area contributed by atoms with Crippen molar-refractivity contribution in [3.05, 3.63) is 36.3 Å². The number of methoxy groups -OCH3 is 1. The van der Waals surface area contributed by atoms with E-state index in [9.17, 15) is 0 Å². The Morgan fingerprint density at radius 3 is 3.06 bits per heavy atom. The van der Waals surface area contributed by atoms with Gasteiger partial charge in [-0.05, 0) is 19.2 Å². The van der Waals surface area contributed by atoms with Gasteiger partial charge in [0.2, 0.25) is 0 Å². The number of nitrogens with zero attached hydrogens (tertiary/aromatic N) is 3. The van der Waals surface area contributed by atoms with Crippen LogP contribution in [0.5, 0.6) is 0 Å². The Hall–Kier alpha value is -0.910. The third-order valence-electron chi connectivity index (χ3n) is 2.70. The van der Waals surface area contributed by atoms with Crippen LogP contribution in [0.25, 0.3) is 5.65 Å². The standard InChI is InChI=1S/C13H18BrN3O/c1-16(7-11(14)10-18-2)8-12-9-17-6-4-3-5-13(17)15-12/h3-6,9,11H,7-8,10H2,1-2H3. The maximum atomic E-state index is 5.11. The smallest absolute Gasteiger partial charge is 0.137 e. The van der Waals surface area contributed by atoms with Crippen molar-refractivity contribution < 1.29 is 4.74 Å². The molecule has 98 valence electrons. The fourth-order valence-electron chi connectivity index (χ4n) is 1.98. The van der Waals surface area contributed by atoms with Crippen LogP contribution < -0.4 is 0 Å². The van der Waals surface area contributed by atoms with Crippen molar-refractivity contribution >= 4 is 21.6 Å². The van der Waals surface area contributed by atoms with E-state index in [1.54, 1.807) is 7.11 Å². The van der Waals surface area contributed by atoms with Gasteiger partial charge in [0.15, 0.2) is 0 Å². The van der Waals surface area contributed by atoms with Gasteiger partial charge in [-0.1, -0.05) is 22.0 Å². The predicted molar refractivity (Wildman–Crippen MR) is 76.1 cm³/mol. The van der Waals surface area contributed by atoms with E-state index in [4.69, 9.17) is 4.74 Å². The van der Waals surface area contributed by atoms with Crippen LogP contribution >= 0.6 is 15.9 Å². The lowest BCUT2D eigenvalue weighted by molar-refractivity contribution is 0.184. The molecule has 2 aromatic rings. The number of aromatic nitrogens is 2. The van der Waals surface area contributed by atoms with Gasteiger partial charge in [0, 0.05) is 32.6 Å². The summed E-state index contributed by atoms with van der Waals surface area (Å²) in [6.07, 6.45) is 4.09. The van der Waals surface area contributed by atoms with E-state index >= 15 is 0 Å². The van der Waals surface area contributed by atoms with Gasteiger partial charge in [-0.15, -0.1) is 0 Å². The van der Waals surface area contributed by atoms with E-state index in [0.29, 0.717) is 4.83 Å². The first-order chi connectivity index (χ1) is 8.69. The number of hydrogen-bond acceptors (Lipinski definition) is 3. The van der Waals surface area contributed by atoms with Gasteiger partial charge in [-0.3, -0.25) is 4.90 Å². The number of halogens is 1. The van der Waals surface area contributed by atoms with E-state index < -0.39 is 0 Å². The number of ether oxygens (including phenoxy) is 1. The molecule has 5 heteroatoms. The van der Waals surface area contributed by atoms with Crippen LogP contribution in [0.15, 0.2) is 30.6 Å². The number of alkyl halides is 1. The first kappa shape index (κ1) is 13.5. The molecular weight excluding hydrogens is 294 g/mol. The van der Waals surface area contributed by atoms with E-state index in [2.05, 4.69) is 39.1 Å². The molecule has 18 heavy (non-hydrogen) atoms. The highest BCUT2D eigenvalue weighted by atomic mass is 79.9. The zero-order valence-electron chi connectivity index (χ0n) is 10.7. The first-order valence-electron chi connectivity index (χ1n) is 5.93. The third-order valence-corrected chi connectivity index (χ3v) is 3.26. The molecule has 0 aliphatic rings. The number of pyridine rings is 1. The molecule has 0 fully saturated rings. The number of fused-ring (bicyclic) bond motifs is 1. The van der Waals surface area contributed by atoms with Gasteiger partial charge in [-0.2, -0.15) is 0 Å². The summed E-state index contributed by atoms with van der Waals surface area (Å²) in [7, 11) is 3.81. The quantitative estimate of drug-likeness (QED) is 0.766. The second-order valence-corrected chi connectivity index (χ2v) is 5.74. The fraction of sp³-hybridized carbons (Fsp3) is 0.462. The van der Waals surface area contributed by atoms with E-state index in [1.165, 1.54) is 0 Å². The van der Waals surface area contributed by atoms with Crippen LogP contribution in [0.2, 0.25) is 0 Å². The zero-order valence-corrected chi connectivity index (χ0v) is 12.3. The molecule has 0 bridgehead atoms. The van der Waals surface area contributed by atoms with Gasteiger partial charge in [0.25, 0.3) is 0 Å². The van der Waals surface area contributed by atoms with Gasteiger partial charge in [-0.25, -0.2) is 4.98 Å². The topological polar surface area (TPSA) is 29.8 Å². The predicted octanol–water partition coefficient (Wildman–Crippen LogP) is 2.18. The van der Waals surface area contributed by atoms with E-state index in [0.717, 1.165) is 31.0 Å². The summed E-state index contributed by atoms with van der Waals surface area (Å²) in [5.41, 5.74) is 2.08. The summed E-state index contributed by atoms with van der Waals surface area (Å²) >= 11 is 3.59. The average molecular weight is 312 g/mol. The Balaban J connectivity index is 1.96. The molecule has 0 aliphatic heterocycles. The van der Waals surface area contributed by atoms with Crippen molar-refractivity contribution in [2.45, 2.75) is 11.4 Å². The largest absolute Gasteiger partial charge is 0.383 e. The lowest BCUT2D eigenvalue weighted by atomic mass is 10.3. The highest BCUT2D eigenvalue weighted by Gasteiger charge is 2.10. The SMILES string of the molecule is COCC(Br)CN(C)Cc1cn2ccccc2n1. The molecule has 2 aromatic heterocycles. The van der Waals surface area contributed by atoms with Gasteiger partial charge >= 0.3 is 0 Å². The molecule has 1 unspecified atom stereocenters. The van der Waals surface area contributed by atoms with Crippen molar-refractivity contribution in [1.29, 1.82) is 0 Å². The average Bonchev–Trinajstić information content (AvgIpc) is 2.70. The summed E-state index contributed by atoms with van der Waals surface area (Å²) < 4.78 is 7.16. The van der Waals surface area contributed by atoms with Crippen molar-refractivity contribution in [2.75, 3.05) is 27.3 Å². The second-order valence-electron chi connectivity index (χ2n) is 4.45. The van der Waals surface area contributed by atoms with Crippen molar-refractivity contribution in [3.63, 3.8) is 0 Å². The van der Waals surface area contributed by atoms with Crippen LogP contribution in [0.1, 0.15) is 5.69 Å². The summed E-state index contributed by atoms with van der Waals surface area (Å²) in [5.74, 6) is 0. The number of hydrogen-bond donors (Lipinski definition) is 0. The van der Waals surface area contributed by atoms with Crippen LogP contribution in [0.4, 0.5) is 0 Å². The lowest BCUT2D eigenvalue weighted by Gasteiger charge is -2.18. The van der Waals surface area contributed by atoms with Gasteiger partial charge in [0.1, 0.15) is 5.65 Å². The fourth-order valence-corrected chi connectivity index (χ4v) is 2.73. The molecule has 0 aliphatic carbocycles. The molecule has 0 saturated heterocycles. The van der Waals surface area contributed by atoms with E-state index in [-0.39, 0.29) is 0 Å². The van der Waals surface area contributed by atoms with Gasteiger partial charge < -0.3 is 9.14 Å². The molecule has 0 aromatic carbocycles. The molecule has 0 radical (unpaired) electrons. The first-order valence-corrected chi connectivity index (χ1v) is 6.85. The van der Waals surface area contributed by atoms with Gasteiger partial charge in [0.05, 0.1) is 17.1 Å². The van der Waals surface area contributed by atoms with Crippen molar-refractivity contribution in [1.82, 2.24) is 14.3 Å². The summed E-state index contributed by atoms with van der Waals surface area (Å²) in [6.45, 7) is 2.49. The minimum Gasteiger partial charge on any atom is -0.383 e. The molecule has 2 heterocycles. The Labute approximate surface area is 116 Å². The molecular formula is C13H18BrN3O. The minimum absolute atomic E-state index is 0.351. The molecule has 1 atom stereocenters. The molecule has 0 spiro atoms. The Morgan fingerprint density at radius 2 is 2.33 bits per heavy atom. The summed E-state index contributed by atoms with van der Waals surface area (Å²) in [4.78, 5) is 7.17. The van der Waals surface area contributed by atoms with Crippen molar-refractivity contribution in [3.8, 4) is 0 Å². The Bertz CT molecular complexity index is 467. The Morgan fingerprint density at radius 1 is 1.50 bits per heavy atom. The highest BCUT2D eigenvalue weighted by Crippen LogP contribution is 2.08. The lowest BCUT2D eigenvalue weighted by Crippen LogP contribution is -2.28. The molecule has 0 N–H and O–H groups in total. The normalized spacial score (nSPS) is 13.3. The molecule has 0 amide bonds. The third kappa shape index (κ3) is 3.54. The zero-order chi connectivity index (χ0) is 13.0. The monoisotopic (exact) mass is 311 g/mol. The maximum Gasteiger partial charge on any atom is 0.137 e.